The van der Waals surface area contributed by atoms with E-state index in [0.717, 1.165) is 6.42 Å². The third kappa shape index (κ3) is 3.07. The lowest BCUT2D eigenvalue weighted by atomic mass is 9.65. The SMILES string of the molecule is CC1(C)C[C@@]2(C=C(N)C1=O)CCN(C(=O)C1CCC(F)(F)CC1)C2. The van der Waals surface area contributed by atoms with Crippen LogP contribution in [0.4, 0.5) is 8.78 Å². The number of allylic oxidation sites excluding steroid dienone is 1. The quantitative estimate of drug-likeness (QED) is 0.798. The van der Waals surface area contributed by atoms with Crippen LogP contribution in [0.2, 0.25) is 0 Å². The van der Waals surface area contributed by atoms with Gasteiger partial charge in [-0.2, -0.15) is 0 Å². The second kappa shape index (κ2) is 5.53. The second-order valence-corrected chi connectivity index (χ2v) is 8.49. The summed E-state index contributed by atoms with van der Waals surface area (Å²) in [6.07, 6.45) is 3.41. The van der Waals surface area contributed by atoms with E-state index in [9.17, 15) is 18.4 Å². The number of nitrogens with zero attached hydrogens (tertiary/aromatic N) is 1. The molecule has 3 aliphatic rings. The molecule has 1 atom stereocenters. The van der Waals surface area contributed by atoms with E-state index in [4.69, 9.17) is 5.73 Å². The average Bonchev–Trinajstić information content (AvgIpc) is 2.87. The number of carbonyl (C=O) groups excluding carboxylic acids is 2. The Kier molecular flexibility index (Phi) is 4.00. The molecule has 24 heavy (non-hydrogen) atoms. The Morgan fingerprint density at radius 3 is 2.46 bits per heavy atom. The first-order valence-corrected chi connectivity index (χ1v) is 8.73. The van der Waals surface area contributed by atoms with Crippen molar-refractivity contribution in [2.45, 2.75) is 58.3 Å². The van der Waals surface area contributed by atoms with Crippen LogP contribution in [0.25, 0.3) is 0 Å². The summed E-state index contributed by atoms with van der Waals surface area (Å²) in [5, 5.41) is 0. The van der Waals surface area contributed by atoms with Crippen LogP contribution in [0.5, 0.6) is 0 Å². The highest BCUT2D eigenvalue weighted by Crippen LogP contribution is 2.48. The Labute approximate surface area is 141 Å². The summed E-state index contributed by atoms with van der Waals surface area (Å²) in [7, 11) is 0. The maximum absolute atomic E-state index is 13.3. The van der Waals surface area contributed by atoms with Crippen molar-refractivity contribution >= 4 is 11.7 Å². The van der Waals surface area contributed by atoms with Gasteiger partial charge in [-0.1, -0.05) is 13.8 Å². The van der Waals surface area contributed by atoms with E-state index < -0.39 is 11.3 Å². The number of halogens is 2. The number of nitrogens with two attached hydrogens (primary N) is 1. The fourth-order valence-corrected chi connectivity index (χ4v) is 4.69. The monoisotopic (exact) mass is 340 g/mol. The van der Waals surface area contributed by atoms with E-state index in [-0.39, 0.29) is 54.4 Å². The van der Waals surface area contributed by atoms with Gasteiger partial charge in [0.1, 0.15) is 0 Å². The molecule has 2 N–H and O–H groups in total. The van der Waals surface area contributed by atoms with Gasteiger partial charge in [0.25, 0.3) is 0 Å². The second-order valence-electron chi connectivity index (χ2n) is 8.49. The minimum Gasteiger partial charge on any atom is -0.396 e. The third-order valence-corrected chi connectivity index (χ3v) is 5.90. The first-order chi connectivity index (χ1) is 11.0. The van der Waals surface area contributed by atoms with Gasteiger partial charge in [0, 0.05) is 42.7 Å². The molecule has 0 unspecified atom stereocenters. The number of rotatable bonds is 1. The number of carbonyl (C=O) groups is 2. The number of hydrogen-bond donors (Lipinski definition) is 1. The molecule has 3 rings (SSSR count). The molecule has 1 saturated carbocycles. The van der Waals surface area contributed by atoms with Gasteiger partial charge in [-0.15, -0.1) is 0 Å². The van der Waals surface area contributed by atoms with Crippen molar-refractivity contribution in [2.75, 3.05) is 13.1 Å². The molecule has 2 aliphatic carbocycles. The molecule has 134 valence electrons. The van der Waals surface area contributed by atoms with E-state index in [2.05, 4.69) is 0 Å². The van der Waals surface area contributed by atoms with E-state index in [1.165, 1.54) is 0 Å². The fourth-order valence-electron chi connectivity index (χ4n) is 4.69. The fraction of sp³-hybridized carbons (Fsp3) is 0.778. The van der Waals surface area contributed by atoms with Crippen LogP contribution in [0.3, 0.4) is 0 Å². The molecule has 0 bridgehead atoms. The highest BCUT2D eigenvalue weighted by atomic mass is 19.3. The Morgan fingerprint density at radius 2 is 1.88 bits per heavy atom. The van der Waals surface area contributed by atoms with Gasteiger partial charge in [0.05, 0.1) is 5.70 Å². The highest BCUT2D eigenvalue weighted by molar-refractivity contribution is 5.99. The molecule has 0 aromatic carbocycles. The summed E-state index contributed by atoms with van der Waals surface area (Å²) in [5.74, 6) is -2.95. The first-order valence-electron chi connectivity index (χ1n) is 8.73. The van der Waals surface area contributed by atoms with Crippen molar-refractivity contribution in [3.05, 3.63) is 11.8 Å². The first kappa shape index (κ1) is 17.4. The number of alkyl halides is 2. The van der Waals surface area contributed by atoms with Crippen LogP contribution in [0, 0.1) is 16.7 Å². The zero-order valence-corrected chi connectivity index (χ0v) is 14.4. The Balaban J connectivity index is 1.69. The zero-order chi connectivity index (χ0) is 17.8. The topological polar surface area (TPSA) is 63.4 Å². The van der Waals surface area contributed by atoms with Crippen molar-refractivity contribution in [3.8, 4) is 0 Å². The van der Waals surface area contributed by atoms with E-state index >= 15 is 0 Å². The summed E-state index contributed by atoms with van der Waals surface area (Å²) in [6, 6.07) is 0. The number of Topliss-reactive ketones (excluding diaryl/α,β-unsaturated/α-hetero) is 1. The number of amides is 1. The molecular formula is C18H26F2N2O2. The van der Waals surface area contributed by atoms with Crippen LogP contribution in [0.15, 0.2) is 11.8 Å². The molecule has 0 aromatic rings. The number of hydrogen-bond acceptors (Lipinski definition) is 3. The van der Waals surface area contributed by atoms with Gasteiger partial charge < -0.3 is 10.6 Å². The van der Waals surface area contributed by atoms with Crippen LogP contribution in [0.1, 0.15) is 52.4 Å². The third-order valence-electron chi connectivity index (χ3n) is 5.90. The molecular weight excluding hydrogens is 314 g/mol. The van der Waals surface area contributed by atoms with E-state index in [1.54, 1.807) is 4.90 Å². The maximum Gasteiger partial charge on any atom is 0.248 e. The standard InChI is InChI=1S/C18H26F2N2O2/c1-16(2)10-17(9-13(21)14(16)23)7-8-22(11-17)15(24)12-3-5-18(19,20)6-4-12/h9,12H,3-8,10-11,21H2,1-2H3/t17-/m0/s1. The molecule has 4 nitrogen and oxygen atoms in total. The maximum atomic E-state index is 13.3. The predicted octanol–water partition coefficient (Wildman–Crippen LogP) is 2.87. The Hall–Kier alpha value is -1.46. The normalized spacial score (nSPS) is 32.9. The minimum atomic E-state index is -2.62. The summed E-state index contributed by atoms with van der Waals surface area (Å²) in [5.41, 5.74) is 5.44. The largest absolute Gasteiger partial charge is 0.396 e. The molecule has 2 fully saturated rings. The van der Waals surface area contributed by atoms with Crippen LogP contribution in [-0.4, -0.2) is 35.6 Å². The minimum absolute atomic E-state index is 0.0101. The predicted molar refractivity (Wildman–Crippen MR) is 86.2 cm³/mol. The lowest BCUT2D eigenvalue weighted by Gasteiger charge is -2.39. The smallest absolute Gasteiger partial charge is 0.248 e. The van der Waals surface area contributed by atoms with Crippen LogP contribution < -0.4 is 5.73 Å². The van der Waals surface area contributed by atoms with Gasteiger partial charge in [-0.05, 0) is 31.8 Å². The molecule has 1 amide bonds. The van der Waals surface area contributed by atoms with Crippen LogP contribution >= 0.6 is 0 Å². The van der Waals surface area contributed by atoms with E-state index in [0.29, 0.717) is 19.5 Å². The number of likely N-dealkylation sites (tertiary alicyclic amines) is 1. The lowest BCUT2D eigenvalue weighted by Crippen LogP contribution is -2.43. The summed E-state index contributed by atoms with van der Waals surface area (Å²) in [6.45, 7) is 4.94. The molecule has 6 heteroatoms. The number of ketones is 1. The zero-order valence-electron chi connectivity index (χ0n) is 14.4. The molecule has 1 spiro atoms. The van der Waals surface area contributed by atoms with Crippen molar-refractivity contribution < 1.29 is 18.4 Å². The average molecular weight is 340 g/mol. The van der Waals surface area contributed by atoms with Gasteiger partial charge in [0.15, 0.2) is 5.78 Å². The molecule has 0 radical (unpaired) electrons. The van der Waals surface area contributed by atoms with Crippen molar-refractivity contribution in [2.24, 2.45) is 22.5 Å². The van der Waals surface area contributed by atoms with Gasteiger partial charge in [-0.25, -0.2) is 8.78 Å². The molecule has 1 heterocycles. The molecule has 1 aliphatic heterocycles. The Bertz CT molecular complexity index is 590. The van der Waals surface area contributed by atoms with Gasteiger partial charge in [-0.3, -0.25) is 9.59 Å². The van der Waals surface area contributed by atoms with Crippen LogP contribution in [-0.2, 0) is 9.59 Å². The van der Waals surface area contributed by atoms with Crippen molar-refractivity contribution in [3.63, 3.8) is 0 Å². The molecule has 1 saturated heterocycles. The van der Waals surface area contributed by atoms with Crippen molar-refractivity contribution in [1.29, 1.82) is 0 Å². The summed E-state index contributed by atoms with van der Waals surface area (Å²) < 4.78 is 26.6. The summed E-state index contributed by atoms with van der Waals surface area (Å²) in [4.78, 5) is 26.7. The lowest BCUT2D eigenvalue weighted by molar-refractivity contribution is -0.139. The van der Waals surface area contributed by atoms with Gasteiger partial charge >= 0.3 is 0 Å². The van der Waals surface area contributed by atoms with E-state index in [1.807, 2.05) is 19.9 Å². The van der Waals surface area contributed by atoms with Crippen molar-refractivity contribution in [1.82, 2.24) is 4.90 Å². The highest BCUT2D eigenvalue weighted by Gasteiger charge is 2.49. The van der Waals surface area contributed by atoms with Gasteiger partial charge in [0.2, 0.25) is 11.8 Å². The summed E-state index contributed by atoms with van der Waals surface area (Å²) >= 11 is 0. The Morgan fingerprint density at radius 1 is 1.25 bits per heavy atom. The molecule has 0 aromatic heterocycles.